The number of carbonyl (C=O) groups is 1. The maximum atomic E-state index is 10.3. The number of rotatable bonds is 20. The summed E-state index contributed by atoms with van der Waals surface area (Å²) < 4.78 is 0. The summed E-state index contributed by atoms with van der Waals surface area (Å²) in [7, 11) is 0. The zero-order valence-corrected chi connectivity index (χ0v) is 14.7. The Bertz CT molecular complexity index is 270. The number of nitrogens with one attached hydrogen (secondary N) is 3. The number of hydrogen-bond acceptors (Lipinski definition) is 7. The van der Waals surface area contributed by atoms with Crippen molar-refractivity contribution in [1.29, 1.82) is 0 Å². The van der Waals surface area contributed by atoms with Crippen LogP contribution >= 0.6 is 0 Å². The van der Waals surface area contributed by atoms with Gasteiger partial charge in [-0.3, -0.25) is 4.79 Å². The highest BCUT2D eigenvalue weighted by atomic mass is 17.5. The predicted molar refractivity (Wildman–Crippen MR) is 92.3 cm³/mol. The lowest BCUT2D eigenvalue weighted by atomic mass is 10.1. The van der Waals surface area contributed by atoms with Gasteiger partial charge in [-0.1, -0.05) is 43.6 Å². The molecule has 5 N–H and O–H groups in total. The lowest BCUT2D eigenvalue weighted by Gasteiger charge is -2.05. The second-order valence-corrected chi connectivity index (χ2v) is 5.91. The van der Waals surface area contributed by atoms with E-state index in [0.29, 0.717) is 6.54 Å². The molecule has 0 saturated heterocycles. The Morgan fingerprint density at radius 1 is 0.708 bits per heavy atom. The van der Waals surface area contributed by atoms with Crippen molar-refractivity contribution in [2.45, 2.75) is 64.2 Å². The first-order valence-electron chi connectivity index (χ1n) is 9.10. The molecule has 0 heterocycles. The molecule has 0 radical (unpaired) electrons. The lowest BCUT2D eigenvalue weighted by Crippen LogP contribution is -2.23. The van der Waals surface area contributed by atoms with Gasteiger partial charge in [-0.25, -0.2) is 5.26 Å². The molecule has 8 heteroatoms. The fraction of sp³-hybridized carbons (Fsp3) is 0.938. The minimum absolute atomic E-state index is 0.0610. The molecule has 0 aliphatic carbocycles. The topological polar surface area (TPSA) is 112 Å². The summed E-state index contributed by atoms with van der Waals surface area (Å²) in [6, 6.07) is 0. The Balaban J connectivity index is 2.97. The minimum Gasteiger partial charge on any atom is -0.480 e. The molecule has 0 aliphatic heterocycles. The summed E-state index contributed by atoms with van der Waals surface area (Å²) in [5, 5.41) is 26.2. The van der Waals surface area contributed by atoms with Crippen molar-refractivity contribution in [2.75, 3.05) is 32.7 Å². The molecule has 8 nitrogen and oxygen atoms in total. The van der Waals surface area contributed by atoms with Crippen molar-refractivity contribution in [2.24, 2.45) is 0 Å². The average molecular weight is 349 g/mol. The van der Waals surface area contributed by atoms with Gasteiger partial charge in [0.25, 0.3) is 0 Å². The number of carboxylic acids is 1. The van der Waals surface area contributed by atoms with Gasteiger partial charge >= 0.3 is 5.97 Å². The van der Waals surface area contributed by atoms with E-state index in [-0.39, 0.29) is 6.54 Å². The second kappa shape index (κ2) is 20.3. The van der Waals surface area contributed by atoms with Gasteiger partial charge in [0.1, 0.15) is 0 Å². The molecule has 24 heavy (non-hydrogen) atoms. The van der Waals surface area contributed by atoms with Gasteiger partial charge in [-0.2, -0.15) is 5.48 Å². The van der Waals surface area contributed by atoms with Gasteiger partial charge in [-0.05, 0) is 45.3 Å². The van der Waals surface area contributed by atoms with Crippen LogP contribution in [-0.2, 0) is 14.8 Å². The molecule has 0 aromatic carbocycles. The minimum atomic E-state index is -0.793. The third kappa shape index (κ3) is 21.2. The van der Waals surface area contributed by atoms with Gasteiger partial charge in [0, 0.05) is 6.54 Å². The average Bonchev–Trinajstić information content (AvgIpc) is 2.56. The molecule has 144 valence electrons. The second-order valence-electron chi connectivity index (χ2n) is 5.91. The summed E-state index contributed by atoms with van der Waals surface area (Å²) >= 11 is 0. The van der Waals surface area contributed by atoms with Gasteiger partial charge in [0.2, 0.25) is 0 Å². The third-order valence-electron chi connectivity index (χ3n) is 3.71. The molecule has 0 amide bonds. The maximum Gasteiger partial charge on any atom is 0.317 e. The van der Waals surface area contributed by atoms with Crippen LogP contribution in [0.5, 0.6) is 0 Å². The van der Waals surface area contributed by atoms with Crippen LogP contribution in [0.15, 0.2) is 0 Å². The van der Waals surface area contributed by atoms with E-state index < -0.39 is 5.97 Å². The normalized spacial score (nSPS) is 11.0. The highest BCUT2D eigenvalue weighted by Crippen LogP contribution is 2.04. The van der Waals surface area contributed by atoms with Gasteiger partial charge in [0.15, 0.2) is 0 Å². The first-order valence-corrected chi connectivity index (χ1v) is 9.10. The lowest BCUT2D eigenvalue weighted by molar-refractivity contribution is -0.514. The van der Waals surface area contributed by atoms with Crippen molar-refractivity contribution >= 4 is 5.97 Å². The van der Waals surface area contributed by atoms with E-state index in [9.17, 15) is 4.79 Å². The Morgan fingerprint density at radius 3 is 1.67 bits per heavy atom. The zero-order valence-electron chi connectivity index (χ0n) is 14.7. The van der Waals surface area contributed by atoms with Gasteiger partial charge in [-0.15, -0.1) is 4.99 Å². The molecule has 0 aromatic heterocycles. The number of aliphatic carboxylic acids is 1. The van der Waals surface area contributed by atoms with E-state index in [0.717, 1.165) is 45.3 Å². The van der Waals surface area contributed by atoms with E-state index >= 15 is 0 Å². The molecule has 0 atom stereocenters. The van der Waals surface area contributed by atoms with Crippen molar-refractivity contribution in [3.8, 4) is 0 Å². The number of carboxylic acid groups (broad SMARTS) is 1. The largest absolute Gasteiger partial charge is 0.480 e. The first kappa shape index (κ1) is 23.2. The molecule has 0 fully saturated rings. The summed E-state index contributed by atoms with van der Waals surface area (Å²) in [5.74, 6) is -0.793. The van der Waals surface area contributed by atoms with Crippen LogP contribution in [-0.4, -0.2) is 49.1 Å². The van der Waals surface area contributed by atoms with E-state index in [1.165, 1.54) is 38.5 Å². The highest BCUT2D eigenvalue weighted by molar-refractivity contribution is 5.68. The predicted octanol–water partition coefficient (Wildman–Crippen LogP) is 2.08. The molecule has 0 unspecified atom stereocenters. The van der Waals surface area contributed by atoms with Crippen LogP contribution in [0.3, 0.4) is 0 Å². The number of unbranched alkanes of at least 4 members (excludes halogenated alkanes) is 8. The van der Waals surface area contributed by atoms with Gasteiger partial charge < -0.3 is 15.7 Å². The van der Waals surface area contributed by atoms with Crippen LogP contribution < -0.4 is 16.1 Å². The van der Waals surface area contributed by atoms with Crippen molar-refractivity contribution in [3.63, 3.8) is 0 Å². The van der Waals surface area contributed by atoms with Crippen LogP contribution in [0.1, 0.15) is 64.2 Å². The third-order valence-corrected chi connectivity index (χ3v) is 3.71. The molecule has 0 aliphatic rings. The quantitative estimate of drug-likeness (QED) is 0.129. The fourth-order valence-corrected chi connectivity index (χ4v) is 2.40. The van der Waals surface area contributed by atoms with Crippen molar-refractivity contribution < 1.29 is 25.2 Å². The summed E-state index contributed by atoms with van der Waals surface area (Å²) in [5.41, 5.74) is 2.48. The van der Waals surface area contributed by atoms with Crippen LogP contribution in [0.4, 0.5) is 0 Å². The number of hydrogen-bond donors (Lipinski definition) is 5. The standard InChI is InChI=1S/C16H35N3O5/c20-16(21)15-18-13-9-6-5-8-12-17-11-7-3-1-2-4-10-14-19-23-24-22/h17-19,22H,1-15H2,(H,20,21). The molecule has 0 rings (SSSR count). The van der Waals surface area contributed by atoms with Gasteiger partial charge in [0.05, 0.1) is 6.54 Å². The van der Waals surface area contributed by atoms with Crippen LogP contribution in [0.2, 0.25) is 0 Å². The van der Waals surface area contributed by atoms with Crippen LogP contribution in [0.25, 0.3) is 0 Å². The summed E-state index contributed by atoms with van der Waals surface area (Å²) in [6.07, 6.45) is 11.7. The van der Waals surface area contributed by atoms with Crippen molar-refractivity contribution in [1.82, 2.24) is 16.1 Å². The van der Waals surface area contributed by atoms with E-state index in [2.05, 4.69) is 26.1 Å². The van der Waals surface area contributed by atoms with E-state index in [1.807, 2.05) is 0 Å². The Morgan fingerprint density at radius 2 is 1.17 bits per heavy atom. The fourth-order valence-electron chi connectivity index (χ4n) is 2.40. The molecule has 0 spiro atoms. The number of hydroxylamine groups is 1. The Hall–Kier alpha value is -0.770. The Kier molecular flexibility index (Phi) is 19.6. The molecule has 0 saturated carbocycles. The molecular weight excluding hydrogens is 314 g/mol. The van der Waals surface area contributed by atoms with E-state index in [4.69, 9.17) is 10.4 Å². The van der Waals surface area contributed by atoms with Crippen LogP contribution in [0, 0.1) is 0 Å². The Labute approximate surface area is 145 Å². The smallest absolute Gasteiger partial charge is 0.317 e. The molecular formula is C16H35N3O5. The monoisotopic (exact) mass is 349 g/mol. The van der Waals surface area contributed by atoms with E-state index in [1.54, 1.807) is 0 Å². The first-order chi connectivity index (χ1) is 11.8. The summed E-state index contributed by atoms with van der Waals surface area (Å²) in [6.45, 7) is 3.69. The molecule has 0 aromatic rings. The zero-order chi connectivity index (χ0) is 17.7. The SMILES string of the molecule is O=C(O)CNCCCCCCNCCCCCCCCNOOO. The maximum absolute atomic E-state index is 10.3. The van der Waals surface area contributed by atoms with Crippen molar-refractivity contribution in [3.05, 3.63) is 0 Å². The molecule has 0 bridgehead atoms. The summed E-state index contributed by atoms with van der Waals surface area (Å²) in [4.78, 5) is 14.4. The highest BCUT2D eigenvalue weighted by Gasteiger charge is 1.95.